The fourth-order valence-electron chi connectivity index (χ4n) is 4.88. The summed E-state index contributed by atoms with van der Waals surface area (Å²) in [6, 6.07) is 29.7. The zero-order valence-corrected chi connectivity index (χ0v) is 20.0. The van der Waals surface area contributed by atoms with Crippen LogP contribution in [0.15, 0.2) is 114 Å². The van der Waals surface area contributed by atoms with E-state index in [1.165, 1.54) is 37.5 Å². The first-order chi connectivity index (χ1) is 16.8. The molecule has 34 heavy (non-hydrogen) atoms. The van der Waals surface area contributed by atoms with Crippen LogP contribution in [0.5, 0.6) is 0 Å². The van der Waals surface area contributed by atoms with Crippen molar-refractivity contribution >= 4 is 39.0 Å². The lowest BCUT2D eigenvalue weighted by Crippen LogP contribution is -2.33. The lowest BCUT2D eigenvalue weighted by molar-refractivity contribution is -0.665. The molecule has 166 valence electrons. The van der Waals surface area contributed by atoms with Gasteiger partial charge in [0.05, 0.1) is 0 Å². The number of rotatable bonds is 5. The molecule has 3 heteroatoms. The van der Waals surface area contributed by atoms with Crippen LogP contribution in [0.3, 0.4) is 0 Å². The Bertz CT molecular complexity index is 1490. The van der Waals surface area contributed by atoms with Crippen LogP contribution < -0.4 is 4.57 Å². The lowest BCUT2D eigenvalue weighted by atomic mass is 9.95. The minimum Gasteiger partial charge on any atom is -0.456 e. The molecular weight excluding hydrogens is 434 g/mol. The maximum absolute atomic E-state index is 6.59. The molecule has 0 bridgehead atoms. The van der Waals surface area contributed by atoms with E-state index in [0.29, 0.717) is 0 Å². The summed E-state index contributed by atoms with van der Waals surface area (Å²) < 4.78 is 10.3. The van der Waals surface area contributed by atoms with Gasteiger partial charge in [-0.1, -0.05) is 84.1 Å². The summed E-state index contributed by atoms with van der Waals surface area (Å²) in [5.74, 6) is 1.94. The highest BCUT2D eigenvalue weighted by Crippen LogP contribution is 2.45. The predicted molar refractivity (Wildman–Crippen MR) is 142 cm³/mol. The third-order valence-corrected chi connectivity index (χ3v) is 7.68. The SMILES string of the molecule is CC[n+]1c(C=CC2=C3OC(c4ccccc4)=CC(c4ccccc4)=C3CC2)sc2ccccc21. The zero-order valence-electron chi connectivity index (χ0n) is 19.2. The number of para-hydroxylation sites is 1. The lowest BCUT2D eigenvalue weighted by Gasteiger charge is -2.22. The van der Waals surface area contributed by atoms with Crippen LogP contribution in [-0.4, -0.2) is 0 Å². The van der Waals surface area contributed by atoms with Crippen LogP contribution in [0.1, 0.15) is 35.9 Å². The monoisotopic (exact) mass is 460 g/mol. The van der Waals surface area contributed by atoms with Gasteiger partial charge in [0, 0.05) is 23.3 Å². The molecule has 6 rings (SSSR count). The van der Waals surface area contributed by atoms with Gasteiger partial charge in [-0.15, -0.1) is 0 Å². The second-order valence-corrected chi connectivity index (χ2v) is 9.64. The van der Waals surface area contributed by atoms with Crippen molar-refractivity contribution < 1.29 is 9.30 Å². The molecule has 2 aliphatic rings. The fourth-order valence-corrected chi connectivity index (χ4v) is 6.00. The quantitative estimate of drug-likeness (QED) is 0.277. The molecule has 1 aromatic heterocycles. The molecule has 0 saturated heterocycles. The second kappa shape index (κ2) is 8.92. The van der Waals surface area contributed by atoms with Crippen LogP contribution in [0.25, 0.3) is 27.6 Å². The van der Waals surface area contributed by atoms with E-state index in [2.05, 4.69) is 109 Å². The number of fused-ring (bicyclic) bond motifs is 2. The maximum atomic E-state index is 6.59. The standard InChI is InChI=1S/C31H26NOS/c1-2-32-27-15-9-10-16-29(27)34-30(32)20-18-24-17-19-25-26(22-11-5-3-6-12-22)21-28(33-31(24)25)23-13-7-4-8-14-23/h3-16,18,20-21H,2,17,19H2,1H3/q+1. The zero-order chi connectivity index (χ0) is 22.9. The number of ether oxygens (including phenoxy) is 1. The molecule has 0 atom stereocenters. The number of thiazole rings is 1. The average molecular weight is 461 g/mol. The van der Waals surface area contributed by atoms with Gasteiger partial charge in [-0.25, -0.2) is 0 Å². The maximum Gasteiger partial charge on any atom is 0.262 e. The number of benzene rings is 3. The minimum atomic E-state index is 0.913. The summed E-state index contributed by atoms with van der Waals surface area (Å²) in [5, 5.41) is 1.27. The Kier molecular flexibility index (Phi) is 5.48. The molecule has 0 amide bonds. The molecular formula is C31H26NOS+. The van der Waals surface area contributed by atoms with E-state index in [-0.39, 0.29) is 0 Å². The number of aromatic nitrogens is 1. The van der Waals surface area contributed by atoms with Gasteiger partial charge in [0.15, 0.2) is 0 Å². The van der Waals surface area contributed by atoms with Gasteiger partial charge in [-0.05, 0) is 54.7 Å². The van der Waals surface area contributed by atoms with Gasteiger partial charge >= 0.3 is 0 Å². The number of aryl methyl sites for hydroxylation is 1. The molecule has 1 aliphatic carbocycles. The molecule has 1 aliphatic heterocycles. The second-order valence-electron chi connectivity index (χ2n) is 8.57. The van der Waals surface area contributed by atoms with Gasteiger partial charge < -0.3 is 4.74 Å². The van der Waals surface area contributed by atoms with Crippen molar-refractivity contribution in [2.75, 3.05) is 0 Å². The van der Waals surface area contributed by atoms with Crippen molar-refractivity contribution in [1.82, 2.24) is 0 Å². The van der Waals surface area contributed by atoms with Gasteiger partial charge in [0.1, 0.15) is 22.8 Å². The number of allylic oxidation sites excluding steroid dienone is 5. The molecule has 0 spiro atoms. The highest BCUT2D eigenvalue weighted by molar-refractivity contribution is 7.18. The molecule has 0 saturated carbocycles. The summed E-state index contributed by atoms with van der Waals surface area (Å²) in [4.78, 5) is 0. The molecule has 0 unspecified atom stereocenters. The summed E-state index contributed by atoms with van der Waals surface area (Å²) in [6.07, 6.45) is 8.75. The van der Waals surface area contributed by atoms with Gasteiger partial charge in [0.2, 0.25) is 5.52 Å². The van der Waals surface area contributed by atoms with Gasteiger partial charge in [0.25, 0.3) is 5.01 Å². The van der Waals surface area contributed by atoms with Crippen molar-refractivity contribution in [3.8, 4) is 0 Å². The van der Waals surface area contributed by atoms with Gasteiger partial charge in [-0.2, -0.15) is 4.57 Å². The Labute approximate surface area is 204 Å². The third-order valence-electron chi connectivity index (χ3n) is 6.55. The molecule has 0 N–H and O–H groups in total. The van der Waals surface area contributed by atoms with Crippen LogP contribution >= 0.6 is 11.3 Å². The summed E-state index contributed by atoms with van der Waals surface area (Å²) in [7, 11) is 0. The Hall–Kier alpha value is -3.69. The van der Waals surface area contributed by atoms with E-state index in [1.54, 1.807) is 0 Å². The van der Waals surface area contributed by atoms with Crippen molar-refractivity contribution in [2.45, 2.75) is 26.3 Å². The fraction of sp³-hybridized carbons (Fsp3) is 0.129. The predicted octanol–water partition coefficient (Wildman–Crippen LogP) is 7.79. The van der Waals surface area contributed by atoms with Crippen molar-refractivity contribution in [2.24, 2.45) is 0 Å². The van der Waals surface area contributed by atoms with E-state index in [9.17, 15) is 0 Å². The van der Waals surface area contributed by atoms with Crippen molar-refractivity contribution in [1.29, 1.82) is 0 Å². The summed E-state index contributed by atoms with van der Waals surface area (Å²) in [6.45, 7) is 3.17. The third kappa shape index (κ3) is 3.72. The Morgan fingerprint density at radius 3 is 2.29 bits per heavy atom. The normalized spacial score (nSPS) is 15.7. The largest absolute Gasteiger partial charge is 0.456 e. The molecule has 0 fully saturated rings. The first-order valence-corrected chi connectivity index (χ1v) is 12.7. The first kappa shape index (κ1) is 20.9. The van der Waals surface area contributed by atoms with Crippen LogP contribution in [-0.2, 0) is 11.3 Å². The number of hydrogen-bond acceptors (Lipinski definition) is 2. The first-order valence-electron chi connectivity index (χ1n) is 11.9. The van der Waals surface area contributed by atoms with E-state index in [0.717, 1.165) is 36.5 Å². The van der Waals surface area contributed by atoms with Crippen molar-refractivity contribution in [3.63, 3.8) is 0 Å². The molecule has 0 radical (unpaired) electrons. The number of nitrogens with zero attached hydrogens (tertiary/aromatic N) is 1. The smallest absolute Gasteiger partial charge is 0.262 e. The molecule has 3 aromatic carbocycles. The highest BCUT2D eigenvalue weighted by Gasteiger charge is 2.29. The highest BCUT2D eigenvalue weighted by atomic mass is 32.1. The Morgan fingerprint density at radius 1 is 0.824 bits per heavy atom. The van der Waals surface area contributed by atoms with Crippen LogP contribution in [0, 0.1) is 0 Å². The topological polar surface area (TPSA) is 13.1 Å². The van der Waals surface area contributed by atoms with Crippen molar-refractivity contribution in [3.05, 3.63) is 130 Å². The average Bonchev–Trinajstić information content (AvgIpc) is 3.48. The van der Waals surface area contributed by atoms with Crippen LogP contribution in [0.2, 0.25) is 0 Å². The molecule has 2 nitrogen and oxygen atoms in total. The Morgan fingerprint density at radius 2 is 1.53 bits per heavy atom. The van der Waals surface area contributed by atoms with E-state index >= 15 is 0 Å². The molecule has 2 heterocycles. The van der Waals surface area contributed by atoms with Gasteiger partial charge in [-0.3, -0.25) is 0 Å². The Balaban J connectivity index is 1.45. The van der Waals surface area contributed by atoms with E-state index in [4.69, 9.17) is 4.74 Å². The molecule has 4 aromatic rings. The summed E-state index contributed by atoms with van der Waals surface area (Å²) >= 11 is 1.85. The van der Waals surface area contributed by atoms with E-state index in [1.807, 2.05) is 17.4 Å². The summed E-state index contributed by atoms with van der Waals surface area (Å²) in [5.41, 5.74) is 7.50. The van der Waals surface area contributed by atoms with E-state index < -0.39 is 0 Å². The van der Waals surface area contributed by atoms with Crippen LogP contribution in [0.4, 0.5) is 0 Å². The number of hydrogen-bond donors (Lipinski definition) is 0. The minimum absolute atomic E-state index is 0.913.